The molecule has 0 amide bonds. The fourth-order valence-corrected chi connectivity index (χ4v) is 18.6. The van der Waals surface area contributed by atoms with Gasteiger partial charge in [-0.1, -0.05) is 388 Å². The van der Waals surface area contributed by atoms with E-state index >= 15 is 0 Å². The first-order valence-corrected chi connectivity index (χ1v) is 40.1. The second kappa shape index (κ2) is 28.8. The molecule has 21 aromatic rings. The van der Waals surface area contributed by atoms with Gasteiger partial charge in [0.25, 0.3) is 0 Å². The van der Waals surface area contributed by atoms with Crippen LogP contribution in [0.3, 0.4) is 0 Å². The number of hydrogen-bond acceptors (Lipinski definition) is 6. The van der Waals surface area contributed by atoms with E-state index in [9.17, 15) is 0 Å². The second-order valence-corrected chi connectivity index (χ2v) is 30.4. The van der Waals surface area contributed by atoms with E-state index in [-0.39, 0.29) is 0 Å². The first-order chi connectivity index (χ1) is 58.5. The third-order valence-electron chi connectivity index (χ3n) is 23.9. The third kappa shape index (κ3) is 11.4. The molecule has 0 radical (unpaired) electrons. The van der Waals surface area contributed by atoms with Gasteiger partial charge < -0.3 is 4.57 Å². The predicted octanol–water partition coefficient (Wildman–Crippen LogP) is 26.3. The van der Waals surface area contributed by atoms with Gasteiger partial charge in [0, 0.05) is 55.0 Å². The van der Waals surface area contributed by atoms with Crippen molar-refractivity contribution in [2.45, 2.75) is 10.8 Å². The van der Waals surface area contributed by atoms with Crippen LogP contribution in [-0.4, -0.2) is 39.0 Å². The topological polar surface area (TPSA) is 87.2 Å². The normalized spacial score (nSPS) is 12.7. The SMILES string of the molecule is c1ccc(-c2ccc3c4cc5c(cc4n(-c4cccc(-c6nc(-c7ccccc7)nc(-c7ccccc7)n6)c4)c3c2)-c2ccccc2C5(c2ccccc2)c2ccccc2)cc1.c1ccc(-c2ccc3c4cc5c(cc4n(-c4nc(-c6ccccc6)nc(-c6ccccc6)n4)c3c2)-c2ccccc2C5(c2ccccc2)c2ccccc2)cc1. The van der Waals surface area contributed by atoms with E-state index in [1.54, 1.807) is 0 Å². The van der Waals surface area contributed by atoms with Crippen LogP contribution in [0.25, 0.3) is 157 Å². The first kappa shape index (κ1) is 69.1. The summed E-state index contributed by atoms with van der Waals surface area (Å²) in [6, 6.07) is 156. The van der Waals surface area contributed by atoms with Crippen LogP contribution < -0.4 is 0 Å². The van der Waals surface area contributed by atoms with Crippen LogP contribution in [0.15, 0.2) is 437 Å². The van der Waals surface area contributed by atoms with Crippen molar-refractivity contribution >= 4 is 43.6 Å². The molecule has 17 aromatic carbocycles. The fraction of sp³-hybridized carbons (Fsp3) is 0.0182. The predicted molar refractivity (Wildman–Crippen MR) is 481 cm³/mol. The van der Waals surface area contributed by atoms with Crippen molar-refractivity contribution < 1.29 is 0 Å². The molecule has 0 fully saturated rings. The Morgan fingerprint density at radius 3 is 0.831 bits per heavy atom. The van der Waals surface area contributed by atoms with Gasteiger partial charge in [-0.25, -0.2) is 19.9 Å². The highest BCUT2D eigenvalue weighted by atomic mass is 15.2. The number of nitrogens with zero attached hydrogens (tertiary/aromatic N) is 8. The molecule has 0 spiro atoms. The largest absolute Gasteiger partial charge is 0.309 e. The lowest BCUT2D eigenvalue weighted by Gasteiger charge is -2.33. The van der Waals surface area contributed by atoms with Crippen LogP contribution in [0.4, 0.5) is 0 Å². The maximum Gasteiger partial charge on any atom is 0.238 e. The van der Waals surface area contributed by atoms with Gasteiger partial charge in [0.05, 0.1) is 32.9 Å². The van der Waals surface area contributed by atoms with E-state index < -0.39 is 10.8 Å². The van der Waals surface area contributed by atoms with Crippen molar-refractivity contribution in [3.63, 3.8) is 0 Å². The van der Waals surface area contributed by atoms with Gasteiger partial charge in [0.2, 0.25) is 5.95 Å². The van der Waals surface area contributed by atoms with Crippen LogP contribution in [0.5, 0.6) is 0 Å². The summed E-state index contributed by atoms with van der Waals surface area (Å²) < 4.78 is 4.69. The molecule has 118 heavy (non-hydrogen) atoms. The van der Waals surface area contributed by atoms with Crippen molar-refractivity contribution in [2.75, 3.05) is 0 Å². The fourth-order valence-electron chi connectivity index (χ4n) is 18.6. The number of aromatic nitrogens is 8. The van der Waals surface area contributed by atoms with Crippen LogP contribution >= 0.6 is 0 Å². The smallest absolute Gasteiger partial charge is 0.238 e. The molecule has 2 aliphatic carbocycles. The highest BCUT2D eigenvalue weighted by Crippen LogP contribution is 2.60. The van der Waals surface area contributed by atoms with E-state index in [4.69, 9.17) is 29.9 Å². The molecule has 0 atom stereocenters. The van der Waals surface area contributed by atoms with Gasteiger partial charge in [0.15, 0.2) is 29.1 Å². The Morgan fingerprint density at radius 1 is 0.169 bits per heavy atom. The summed E-state index contributed by atoms with van der Waals surface area (Å²) >= 11 is 0. The molecule has 8 nitrogen and oxygen atoms in total. The highest BCUT2D eigenvalue weighted by molar-refractivity contribution is 6.14. The Bertz CT molecular complexity index is 7170. The van der Waals surface area contributed by atoms with Crippen molar-refractivity contribution in [3.05, 3.63) is 481 Å². The summed E-state index contributed by atoms with van der Waals surface area (Å²) in [4.78, 5) is 30.8. The Balaban J connectivity index is 0.000000143. The van der Waals surface area contributed by atoms with E-state index in [0.717, 1.165) is 83.0 Å². The summed E-state index contributed by atoms with van der Waals surface area (Å²) in [7, 11) is 0. The Kier molecular flexibility index (Phi) is 16.9. The molecule has 0 unspecified atom stereocenters. The van der Waals surface area contributed by atoms with Crippen LogP contribution in [0.2, 0.25) is 0 Å². The number of fused-ring (bicyclic) bond motifs is 12. The third-order valence-corrected chi connectivity index (χ3v) is 23.9. The van der Waals surface area contributed by atoms with E-state index in [2.05, 4.69) is 349 Å². The number of benzene rings is 17. The molecule has 0 saturated carbocycles. The van der Waals surface area contributed by atoms with E-state index in [1.807, 2.05) is 97.1 Å². The zero-order valence-electron chi connectivity index (χ0n) is 64.1. The summed E-state index contributed by atoms with van der Waals surface area (Å²) in [5.41, 5.74) is 28.7. The molecular formula is C110H72N8. The van der Waals surface area contributed by atoms with Gasteiger partial charge in [-0.2, -0.15) is 9.97 Å². The second-order valence-electron chi connectivity index (χ2n) is 30.4. The van der Waals surface area contributed by atoms with Gasteiger partial charge in [-0.05, 0) is 138 Å². The zero-order valence-corrected chi connectivity index (χ0v) is 64.1. The summed E-state index contributed by atoms with van der Waals surface area (Å²) in [5, 5.41) is 4.67. The maximum absolute atomic E-state index is 5.28. The Hall–Kier alpha value is -15.6. The monoisotopic (exact) mass is 1500 g/mol. The molecule has 0 N–H and O–H groups in total. The summed E-state index contributed by atoms with van der Waals surface area (Å²) in [5.74, 6) is 3.73. The molecule has 0 saturated heterocycles. The minimum absolute atomic E-state index is 0.507. The molecular weight excluding hydrogens is 1430 g/mol. The summed E-state index contributed by atoms with van der Waals surface area (Å²) in [6.45, 7) is 0. The van der Waals surface area contributed by atoms with Gasteiger partial charge in [-0.3, -0.25) is 4.57 Å². The first-order valence-electron chi connectivity index (χ1n) is 40.1. The molecule has 23 rings (SSSR count). The lowest BCUT2D eigenvalue weighted by Crippen LogP contribution is -2.28. The van der Waals surface area contributed by atoms with Gasteiger partial charge >= 0.3 is 0 Å². The van der Waals surface area contributed by atoms with Crippen LogP contribution in [0.1, 0.15) is 44.5 Å². The lowest BCUT2D eigenvalue weighted by atomic mass is 9.67. The minimum Gasteiger partial charge on any atom is -0.309 e. The molecule has 552 valence electrons. The molecule has 2 aliphatic rings. The van der Waals surface area contributed by atoms with Crippen LogP contribution in [0, 0.1) is 0 Å². The van der Waals surface area contributed by atoms with E-state index in [1.165, 1.54) is 83.1 Å². The zero-order chi connectivity index (χ0) is 78.1. The number of rotatable bonds is 13. The standard InChI is InChI=1S/C58H38N4.C52H34N4/c1-6-19-39(20-7-1)42-33-34-48-50-37-52-49(47-31-16-17-32-51(47)58(52,44-26-12-4-13-27-44)45-28-14-5-15-29-45)38-54(50)62(53(48)36-42)46-30-18-25-43(35-46)57-60-55(40-21-8-2-9-22-40)59-56(61-57)41-23-10-3-11-24-41;1-6-18-35(19-7-1)38-30-31-42-44-33-46-43(41-28-16-17-29-45(41)52(46,39-24-12-4-13-25-39)40-26-14-5-15-27-40)34-48(44)56(47(42)32-38)51-54-49(36-20-8-2-9-21-36)53-50(55-51)37-22-10-3-11-23-37/h1-38H;1-34H. The molecule has 4 heterocycles. The molecule has 4 aromatic heterocycles. The van der Waals surface area contributed by atoms with Crippen molar-refractivity contribution in [1.82, 2.24) is 39.0 Å². The minimum atomic E-state index is -0.519. The number of hydrogen-bond donors (Lipinski definition) is 0. The Morgan fingerprint density at radius 2 is 0.458 bits per heavy atom. The maximum atomic E-state index is 5.28. The van der Waals surface area contributed by atoms with Crippen molar-refractivity contribution in [2.24, 2.45) is 0 Å². The average Bonchev–Trinajstić information content (AvgIpc) is 1.53. The summed E-state index contributed by atoms with van der Waals surface area (Å²) in [6.07, 6.45) is 0. The highest BCUT2D eigenvalue weighted by Gasteiger charge is 2.48. The van der Waals surface area contributed by atoms with Gasteiger partial charge in [0.1, 0.15) is 0 Å². The van der Waals surface area contributed by atoms with Crippen molar-refractivity contribution in [3.8, 4) is 113 Å². The molecule has 8 heteroatoms. The Labute approximate surface area is 683 Å². The van der Waals surface area contributed by atoms with Crippen molar-refractivity contribution in [1.29, 1.82) is 0 Å². The molecule has 0 aliphatic heterocycles. The van der Waals surface area contributed by atoms with E-state index in [0.29, 0.717) is 35.1 Å². The van der Waals surface area contributed by atoms with Gasteiger partial charge in [-0.15, -0.1) is 0 Å². The van der Waals surface area contributed by atoms with Crippen LogP contribution in [-0.2, 0) is 10.8 Å². The average molecular weight is 1510 g/mol. The lowest BCUT2D eigenvalue weighted by molar-refractivity contribution is 0.769. The molecule has 0 bridgehead atoms. The quantitative estimate of drug-likeness (QED) is 0.114.